The molecule has 0 radical (unpaired) electrons. The number of rotatable bonds is 21. The van der Waals surface area contributed by atoms with E-state index >= 15 is 0 Å². The van der Waals surface area contributed by atoms with Crippen molar-refractivity contribution in [3.8, 4) is 0 Å². The summed E-state index contributed by atoms with van der Waals surface area (Å²) >= 11 is 0. The first-order valence-corrected chi connectivity index (χ1v) is 31.7. The van der Waals surface area contributed by atoms with Gasteiger partial charge in [-0.25, -0.2) is 0 Å². The predicted octanol–water partition coefficient (Wildman–Crippen LogP) is 21.8. The maximum atomic E-state index is 5.09. The van der Waals surface area contributed by atoms with E-state index < -0.39 is 0 Å². The summed E-state index contributed by atoms with van der Waals surface area (Å²) in [7, 11) is 0. The normalized spacial score (nSPS) is 35.7. The van der Waals surface area contributed by atoms with Crippen molar-refractivity contribution in [3.05, 3.63) is 54.2 Å². The average molecular weight is 978 g/mol. The Kier molecular flexibility index (Phi) is 20.1. The Hall–Kier alpha value is -1.04. The van der Waals surface area contributed by atoms with Gasteiger partial charge in [0.15, 0.2) is 0 Å². The van der Waals surface area contributed by atoms with Gasteiger partial charge in [-0.15, -0.1) is 6.58 Å². The molecule has 6 aliphatic rings. The molecule has 0 amide bonds. The highest BCUT2D eigenvalue weighted by molar-refractivity contribution is 5.00. The molecule has 0 aliphatic heterocycles. The lowest BCUT2D eigenvalue weighted by atomic mass is 9.54. The van der Waals surface area contributed by atoms with Crippen LogP contribution in [0.4, 0.5) is 0 Å². The predicted molar refractivity (Wildman–Crippen MR) is 314 cm³/mol. The highest BCUT2D eigenvalue weighted by atomic mass is 14.5. The molecule has 0 aromatic rings. The molecule has 0 nitrogen and oxygen atoms in total. The SMILES string of the molecule is C=CC1CCC(C(C)(C)CC(C2CCC(C(C)(C)CC([CH2+])C3CCC(C([CH2+])(C)C)CC3)CC2)C(CCC([CH2+])C2CCC(C([CH2+])(C)C)CC2)C2CCC(C(C)(C)C([CH2+])C3CCC(C([CH2+])(C)C)CC3)CC2)CC1. The summed E-state index contributed by atoms with van der Waals surface area (Å²) < 4.78 is 0. The smallest absolute Gasteiger partial charge is 0.103 e. The van der Waals surface area contributed by atoms with Crippen LogP contribution in [0.15, 0.2) is 12.7 Å². The van der Waals surface area contributed by atoms with Crippen LogP contribution < -0.4 is 0 Å². The van der Waals surface area contributed by atoms with Gasteiger partial charge >= 0.3 is 0 Å². The van der Waals surface area contributed by atoms with Gasteiger partial charge in [0.2, 0.25) is 0 Å². The van der Waals surface area contributed by atoms with E-state index in [2.05, 4.69) is 117 Å². The van der Waals surface area contributed by atoms with Crippen LogP contribution in [-0.4, -0.2) is 0 Å². The van der Waals surface area contributed by atoms with Crippen LogP contribution in [0.5, 0.6) is 0 Å². The largest absolute Gasteiger partial charge is 0.103 e. The molecule has 6 aliphatic carbocycles. The van der Waals surface area contributed by atoms with E-state index in [9.17, 15) is 0 Å². The second-order valence-electron chi connectivity index (χ2n) is 32.1. The van der Waals surface area contributed by atoms with E-state index in [0.29, 0.717) is 34.0 Å². The highest BCUT2D eigenvalue weighted by Gasteiger charge is 2.50. The maximum Gasteiger partial charge on any atom is 0.103 e. The van der Waals surface area contributed by atoms with Crippen molar-refractivity contribution in [2.45, 2.75) is 263 Å². The Bertz CT molecular complexity index is 1530. The van der Waals surface area contributed by atoms with Crippen molar-refractivity contribution in [1.29, 1.82) is 0 Å². The Balaban J connectivity index is 1.20. The molecule has 0 N–H and O–H groups in total. The van der Waals surface area contributed by atoms with Gasteiger partial charge in [-0.05, 0) is 279 Å². The molecule has 0 heteroatoms. The summed E-state index contributed by atoms with van der Waals surface area (Å²) in [6, 6.07) is 0. The molecule has 0 saturated heterocycles. The fourth-order valence-corrected chi connectivity index (χ4v) is 18.6. The first-order valence-electron chi connectivity index (χ1n) is 31.7. The fourth-order valence-electron chi connectivity index (χ4n) is 18.6. The van der Waals surface area contributed by atoms with Crippen LogP contribution in [0.2, 0.25) is 0 Å². The first-order chi connectivity index (χ1) is 33.0. The lowest BCUT2D eigenvalue weighted by Gasteiger charge is -2.50. The topological polar surface area (TPSA) is 0 Å². The van der Waals surface area contributed by atoms with E-state index in [4.69, 9.17) is 20.8 Å². The quantitative estimate of drug-likeness (QED) is 0.0794. The molecule has 71 heavy (non-hydrogen) atoms. The van der Waals surface area contributed by atoms with Crippen LogP contribution in [-0.2, 0) is 0 Å². The Morgan fingerprint density at radius 2 is 0.690 bits per heavy atom. The second-order valence-corrected chi connectivity index (χ2v) is 32.1. The van der Waals surface area contributed by atoms with Gasteiger partial charge < -0.3 is 0 Å². The lowest BCUT2D eigenvalue weighted by Crippen LogP contribution is -2.42. The molecule has 0 heterocycles. The first kappa shape index (κ1) is 59.2. The third-order valence-corrected chi connectivity index (χ3v) is 24.6. The van der Waals surface area contributed by atoms with Gasteiger partial charge in [0, 0.05) is 40.9 Å². The Labute approximate surface area is 448 Å². The van der Waals surface area contributed by atoms with Crippen LogP contribution in [0.1, 0.15) is 263 Å². The molecule has 0 spiro atoms. The van der Waals surface area contributed by atoms with Crippen LogP contribution in [0.3, 0.4) is 0 Å². The zero-order valence-corrected chi connectivity index (χ0v) is 50.1. The Morgan fingerprint density at radius 3 is 1.10 bits per heavy atom. The molecule has 0 aromatic heterocycles. The van der Waals surface area contributed by atoms with Gasteiger partial charge in [0.1, 0.15) is 22.2 Å². The molecular weight excluding hydrogens is 853 g/mol. The number of allylic oxidation sites excluding steroid dienone is 1. The van der Waals surface area contributed by atoms with E-state index in [0.717, 1.165) is 82.9 Å². The third-order valence-electron chi connectivity index (χ3n) is 24.6. The molecule has 0 bridgehead atoms. The van der Waals surface area contributed by atoms with Crippen molar-refractivity contribution in [2.75, 3.05) is 0 Å². The van der Waals surface area contributed by atoms with Gasteiger partial charge in [0.25, 0.3) is 0 Å². The lowest BCUT2D eigenvalue weighted by molar-refractivity contribution is -0.00826. The highest BCUT2D eigenvalue weighted by Crippen LogP contribution is 2.58. The molecule has 6 rings (SSSR count). The molecule has 5 atom stereocenters. The summed E-state index contributed by atoms with van der Waals surface area (Å²) in [5.41, 5.74) is 1.62. The minimum absolute atomic E-state index is 0.190. The summed E-state index contributed by atoms with van der Waals surface area (Å²) in [5, 5.41) is 0. The van der Waals surface area contributed by atoms with Crippen LogP contribution >= 0.6 is 0 Å². The summed E-state index contributed by atoms with van der Waals surface area (Å²) in [6.45, 7) is 63.4. The van der Waals surface area contributed by atoms with E-state index in [1.165, 1.54) is 180 Å². The zero-order valence-electron chi connectivity index (χ0n) is 50.1. The third kappa shape index (κ3) is 15.3. The van der Waals surface area contributed by atoms with Gasteiger partial charge in [0.05, 0.1) is 53.4 Å². The summed E-state index contributed by atoms with van der Waals surface area (Å²) in [6.07, 6.45) is 41.1. The van der Waals surface area contributed by atoms with Gasteiger partial charge in [-0.3, -0.25) is 0 Å². The second kappa shape index (κ2) is 24.1. The Morgan fingerprint density at radius 1 is 0.366 bits per heavy atom. The zero-order chi connectivity index (χ0) is 52.3. The molecule has 6 fully saturated rings. The maximum absolute atomic E-state index is 5.09. The number of hydrogen-bond acceptors (Lipinski definition) is 0. The molecule has 0 aromatic carbocycles. The standard InChI is InChI=1S/C71H124/c1-20-52-22-34-61(35-23-52)70(16,17)48-65(57-30-42-62(43-31-57)69(14,15)47-50(3)54-26-38-59(39-27-54)67(8,9)10)64(46-21-49(2)53-24-36-58(37-25-53)66(5,6)7)56-32-44-63(45-33-56)71(18,19)51(4)55-28-40-60(41-29-55)68(11,12)13/h20,49-65H,1-5,8,11,21-48H2,6-7,9-10,12-19H3/q+6. The molecule has 5 unspecified atom stereocenters. The van der Waals surface area contributed by atoms with E-state index in [-0.39, 0.29) is 16.2 Å². The monoisotopic (exact) mass is 977 g/mol. The minimum atomic E-state index is 0.190. The van der Waals surface area contributed by atoms with Crippen molar-refractivity contribution < 1.29 is 0 Å². The fraction of sp³-hybridized carbons (Fsp3) is 0.887. The average Bonchev–Trinajstić information content (AvgIpc) is 3.32. The molecule has 402 valence electrons. The van der Waals surface area contributed by atoms with Crippen molar-refractivity contribution in [3.63, 3.8) is 0 Å². The van der Waals surface area contributed by atoms with Gasteiger partial charge in [-0.1, -0.05) is 47.6 Å². The van der Waals surface area contributed by atoms with Crippen molar-refractivity contribution in [1.82, 2.24) is 0 Å². The van der Waals surface area contributed by atoms with E-state index in [1.807, 2.05) is 0 Å². The number of hydrogen-bond donors (Lipinski definition) is 0. The minimum Gasteiger partial charge on any atom is -0.103 e. The molecule has 6 saturated carbocycles. The van der Waals surface area contributed by atoms with Crippen molar-refractivity contribution >= 4 is 0 Å². The summed E-state index contributed by atoms with van der Waals surface area (Å²) in [4.78, 5) is 0. The van der Waals surface area contributed by atoms with Crippen molar-refractivity contribution in [2.24, 2.45) is 133 Å². The van der Waals surface area contributed by atoms with E-state index in [1.54, 1.807) is 0 Å². The molecular formula is C71H124+6. The summed E-state index contributed by atoms with van der Waals surface area (Å²) in [5.74, 6) is 13.0. The van der Waals surface area contributed by atoms with Crippen LogP contribution in [0, 0.1) is 175 Å². The van der Waals surface area contributed by atoms with Crippen LogP contribution in [0.25, 0.3) is 0 Å². The van der Waals surface area contributed by atoms with Gasteiger partial charge in [-0.2, -0.15) is 0 Å².